The predicted octanol–water partition coefficient (Wildman–Crippen LogP) is 2.65. The van der Waals surface area contributed by atoms with E-state index in [1.165, 1.54) is 0 Å². The van der Waals surface area contributed by atoms with Crippen molar-refractivity contribution < 1.29 is 4.79 Å². The summed E-state index contributed by atoms with van der Waals surface area (Å²) >= 11 is 6.75. The van der Waals surface area contributed by atoms with Gasteiger partial charge in [0.2, 0.25) is 0 Å². The molecule has 1 aromatic carbocycles. The van der Waals surface area contributed by atoms with Gasteiger partial charge >= 0.3 is 0 Å². The second-order valence-corrected chi connectivity index (χ2v) is 6.71. The SMILES string of the molecule is CCNC(=S)Nc1nc2c(s1)CN(C(=O)c1ccccc1)CC2. The molecular weight excluding hydrogens is 328 g/mol. The molecule has 0 atom stereocenters. The number of nitrogens with zero attached hydrogens (tertiary/aromatic N) is 2. The second-order valence-electron chi connectivity index (χ2n) is 5.22. The molecule has 0 saturated carbocycles. The molecule has 1 aliphatic heterocycles. The maximum atomic E-state index is 12.5. The Morgan fingerprint density at radius 2 is 2.17 bits per heavy atom. The summed E-state index contributed by atoms with van der Waals surface area (Å²) in [6, 6.07) is 9.40. The summed E-state index contributed by atoms with van der Waals surface area (Å²) in [6.07, 6.45) is 0.778. The van der Waals surface area contributed by atoms with Gasteiger partial charge in [-0.3, -0.25) is 4.79 Å². The van der Waals surface area contributed by atoms with Crippen LogP contribution in [0.4, 0.5) is 5.13 Å². The molecule has 1 aromatic heterocycles. The minimum atomic E-state index is 0.0716. The number of carbonyl (C=O) groups excluding carboxylic acids is 1. The average molecular weight is 346 g/mol. The Balaban J connectivity index is 1.70. The van der Waals surface area contributed by atoms with Crippen molar-refractivity contribution in [3.05, 3.63) is 46.5 Å². The molecule has 0 unspecified atom stereocenters. The summed E-state index contributed by atoms with van der Waals surface area (Å²) in [5.74, 6) is 0.0716. The molecule has 0 aliphatic carbocycles. The van der Waals surface area contributed by atoms with E-state index in [1.54, 1.807) is 11.3 Å². The van der Waals surface area contributed by atoms with E-state index in [9.17, 15) is 4.79 Å². The largest absolute Gasteiger partial charge is 0.363 e. The van der Waals surface area contributed by atoms with Gasteiger partial charge < -0.3 is 15.5 Å². The van der Waals surface area contributed by atoms with Crippen LogP contribution >= 0.6 is 23.6 Å². The molecule has 120 valence electrons. The number of hydrogen-bond acceptors (Lipinski definition) is 4. The van der Waals surface area contributed by atoms with Crippen LogP contribution in [0.25, 0.3) is 0 Å². The first-order valence-electron chi connectivity index (χ1n) is 7.55. The van der Waals surface area contributed by atoms with Crippen molar-refractivity contribution in [2.45, 2.75) is 19.9 Å². The van der Waals surface area contributed by atoms with Crippen molar-refractivity contribution in [2.24, 2.45) is 0 Å². The summed E-state index contributed by atoms with van der Waals surface area (Å²) in [7, 11) is 0. The summed E-state index contributed by atoms with van der Waals surface area (Å²) in [5.41, 5.74) is 1.79. The van der Waals surface area contributed by atoms with Gasteiger partial charge in [0.25, 0.3) is 5.91 Å². The number of hydrogen-bond donors (Lipinski definition) is 2. The Kier molecular flexibility index (Phi) is 4.88. The molecule has 1 amide bonds. The highest BCUT2D eigenvalue weighted by atomic mass is 32.1. The summed E-state index contributed by atoms with van der Waals surface area (Å²) < 4.78 is 0. The zero-order valence-corrected chi connectivity index (χ0v) is 14.5. The van der Waals surface area contributed by atoms with Crippen LogP contribution in [-0.2, 0) is 13.0 Å². The Morgan fingerprint density at radius 1 is 1.39 bits per heavy atom. The molecule has 3 rings (SSSR count). The van der Waals surface area contributed by atoms with E-state index in [-0.39, 0.29) is 5.91 Å². The molecule has 2 N–H and O–H groups in total. The predicted molar refractivity (Wildman–Crippen MR) is 96.9 cm³/mol. The maximum Gasteiger partial charge on any atom is 0.254 e. The fraction of sp³-hybridized carbons (Fsp3) is 0.312. The lowest BCUT2D eigenvalue weighted by atomic mass is 10.1. The van der Waals surface area contributed by atoms with Gasteiger partial charge in [-0.05, 0) is 31.3 Å². The smallest absolute Gasteiger partial charge is 0.254 e. The van der Waals surface area contributed by atoms with E-state index >= 15 is 0 Å². The Bertz CT molecular complexity index is 714. The number of carbonyl (C=O) groups is 1. The van der Waals surface area contributed by atoms with Crippen LogP contribution < -0.4 is 10.6 Å². The zero-order chi connectivity index (χ0) is 16.2. The lowest BCUT2D eigenvalue weighted by Crippen LogP contribution is -2.35. The molecule has 0 fully saturated rings. The molecule has 5 nitrogen and oxygen atoms in total. The van der Waals surface area contributed by atoms with Crippen molar-refractivity contribution in [1.29, 1.82) is 0 Å². The summed E-state index contributed by atoms with van der Waals surface area (Å²) in [6.45, 7) is 4.07. The Hall–Kier alpha value is -1.99. The maximum absolute atomic E-state index is 12.5. The summed E-state index contributed by atoms with van der Waals surface area (Å²) in [5, 5.41) is 7.51. The standard InChI is InChI=1S/C16H18N4OS2/c1-2-17-15(22)19-16-18-12-8-9-20(10-13(12)23-16)14(21)11-6-4-3-5-7-11/h3-7H,2,8-10H2,1H3,(H2,17,18,19,22). The van der Waals surface area contributed by atoms with Crippen molar-refractivity contribution >= 4 is 39.7 Å². The fourth-order valence-electron chi connectivity index (χ4n) is 2.49. The van der Waals surface area contributed by atoms with Crippen LogP contribution in [0, 0.1) is 0 Å². The monoisotopic (exact) mass is 346 g/mol. The molecule has 0 radical (unpaired) electrons. The quantitative estimate of drug-likeness (QED) is 0.837. The van der Waals surface area contributed by atoms with Crippen LogP contribution in [-0.4, -0.2) is 34.0 Å². The number of thiazole rings is 1. The second kappa shape index (κ2) is 7.06. The molecular formula is C16H18N4OS2. The molecule has 0 saturated heterocycles. The third kappa shape index (κ3) is 3.68. The zero-order valence-electron chi connectivity index (χ0n) is 12.8. The highest BCUT2D eigenvalue weighted by molar-refractivity contribution is 7.80. The number of nitrogens with one attached hydrogen (secondary N) is 2. The van der Waals surface area contributed by atoms with Gasteiger partial charge in [0.05, 0.1) is 12.2 Å². The number of rotatable bonds is 3. The Morgan fingerprint density at radius 3 is 2.91 bits per heavy atom. The van der Waals surface area contributed by atoms with Gasteiger partial charge in [0, 0.05) is 30.0 Å². The first-order chi connectivity index (χ1) is 11.2. The number of benzene rings is 1. The van der Waals surface area contributed by atoms with E-state index in [0.29, 0.717) is 18.2 Å². The van der Waals surface area contributed by atoms with Gasteiger partial charge in [0.1, 0.15) is 0 Å². The number of fused-ring (bicyclic) bond motifs is 1. The van der Waals surface area contributed by atoms with Gasteiger partial charge in [-0.15, -0.1) is 0 Å². The van der Waals surface area contributed by atoms with E-state index in [1.807, 2.05) is 42.2 Å². The Labute approximate surface area is 144 Å². The van der Waals surface area contributed by atoms with Crippen LogP contribution in [0.1, 0.15) is 27.9 Å². The third-order valence-electron chi connectivity index (χ3n) is 3.60. The number of amides is 1. The van der Waals surface area contributed by atoms with Crippen LogP contribution in [0.5, 0.6) is 0 Å². The lowest BCUT2D eigenvalue weighted by Gasteiger charge is -2.26. The van der Waals surface area contributed by atoms with Crippen molar-refractivity contribution in [3.8, 4) is 0 Å². The minimum Gasteiger partial charge on any atom is -0.363 e. The van der Waals surface area contributed by atoms with Crippen molar-refractivity contribution in [2.75, 3.05) is 18.4 Å². The molecule has 2 heterocycles. The summed E-state index contributed by atoms with van der Waals surface area (Å²) in [4.78, 5) is 20.1. The first-order valence-corrected chi connectivity index (χ1v) is 8.77. The van der Waals surface area contributed by atoms with E-state index in [0.717, 1.165) is 34.2 Å². The topological polar surface area (TPSA) is 57.3 Å². The molecule has 0 bridgehead atoms. The van der Waals surface area contributed by atoms with Gasteiger partial charge in [0.15, 0.2) is 10.2 Å². The normalized spacial score (nSPS) is 13.3. The number of aromatic nitrogens is 1. The molecule has 23 heavy (non-hydrogen) atoms. The van der Waals surface area contributed by atoms with E-state index < -0.39 is 0 Å². The van der Waals surface area contributed by atoms with Gasteiger partial charge in [-0.2, -0.15) is 0 Å². The first kappa shape index (κ1) is 15.9. The van der Waals surface area contributed by atoms with Crippen molar-refractivity contribution in [3.63, 3.8) is 0 Å². The van der Waals surface area contributed by atoms with Crippen molar-refractivity contribution in [1.82, 2.24) is 15.2 Å². The molecule has 0 spiro atoms. The minimum absolute atomic E-state index is 0.0716. The molecule has 7 heteroatoms. The van der Waals surface area contributed by atoms with Crippen LogP contribution in [0.15, 0.2) is 30.3 Å². The third-order valence-corrected chi connectivity index (χ3v) is 4.84. The highest BCUT2D eigenvalue weighted by Gasteiger charge is 2.24. The molecule has 2 aromatic rings. The average Bonchev–Trinajstić information content (AvgIpc) is 2.96. The van der Waals surface area contributed by atoms with Crippen LogP contribution in [0.2, 0.25) is 0 Å². The van der Waals surface area contributed by atoms with Gasteiger partial charge in [-0.1, -0.05) is 29.5 Å². The van der Waals surface area contributed by atoms with Gasteiger partial charge in [-0.25, -0.2) is 4.98 Å². The lowest BCUT2D eigenvalue weighted by molar-refractivity contribution is 0.0736. The number of anilines is 1. The van der Waals surface area contributed by atoms with Crippen LogP contribution in [0.3, 0.4) is 0 Å². The number of thiocarbonyl (C=S) groups is 1. The van der Waals surface area contributed by atoms with E-state index in [4.69, 9.17) is 12.2 Å². The molecule has 1 aliphatic rings. The fourth-order valence-corrected chi connectivity index (χ4v) is 3.82. The highest BCUT2D eigenvalue weighted by Crippen LogP contribution is 2.29. The van der Waals surface area contributed by atoms with E-state index in [2.05, 4.69) is 15.6 Å².